The largest absolute Gasteiger partial charge is 0.490 e. The van der Waals surface area contributed by atoms with Gasteiger partial charge in [0.05, 0.1) is 5.69 Å². The Morgan fingerprint density at radius 3 is 2.78 bits per heavy atom. The molecule has 0 aliphatic carbocycles. The first-order valence-corrected chi connectivity index (χ1v) is 8.10. The minimum Gasteiger partial charge on any atom is -0.490 e. The number of likely N-dealkylation sites (tertiary alicyclic amines) is 1. The van der Waals surface area contributed by atoms with E-state index in [-0.39, 0.29) is 0 Å². The molecule has 1 atom stereocenters. The van der Waals surface area contributed by atoms with E-state index >= 15 is 0 Å². The molecule has 5 nitrogen and oxygen atoms in total. The predicted octanol–water partition coefficient (Wildman–Crippen LogP) is 2.35. The van der Waals surface area contributed by atoms with E-state index in [1.165, 1.54) is 5.56 Å². The highest BCUT2D eigenvalue weighted by atomic mass is 16.5. The number of aromatic nitrogens is 2. The summed E-state index contributed by atoms with van der Waals surface area (Å²) in [5.41, 5.74) is 3.68. The van der Waals surface area contributed by atoms with Gasteiger partial charge in [0.15, 0.2) is 0 Å². The van der Waals surface area contributed by atoms with Crippen molar-refractivity contribution in [2.45, 2.75) is 39.3 Å². The van der Waals surface area contributed by atoms with Crippen LogP contribution in [0.2, 0.25) is 0 Å². The van der Waals surface area contributed by atoms with Gasteiger partial charge < -0.3 is 9.84 Å². The van der Waals surface area contributed by atoms with Gasteiger partial charge in [-0.3, -0.25) is 10.00 Å². The highest BCUT2D eigenvalue weighted by Gasteiger charge is 2.37. The van der Waals surface area contributed by atoms with Gasteiger partial charge in [0, 0.05) is 30.9 Å². The second-order valence-electron chi connectivity index (χ2n) is 6.65. The first-order valence-electron chi connectivity index (χ1n) is 8.10. The molecule has 0 bridgehead atoms. The second-order valence-corrected chi connectivity index (χ2v) is 6.65. The molecule has 23 heavy (non-hydrogen) atoms. The molecule has 2 heterocycles. The number of aromatic amines is 1. The molecule has 0 unspecified atom stereocenters. The van der Waals surface area contributed by atoms with Gasteiger partial charge in [-0.15, -0.1) is 0 Å². The Morgan fingerprint density at radius 1 is 1.30 bits per heavy atom. The average molecular weight is 315 g/mol. The number of rotatable bonds is 5. The lowest BCUT2D eigenvalue weighted by Gasteiger charge is -2.24. The number of aliphatic hydroxyl groups is 1. The van der Waals surface area contributed by atoms with Crippen LogP contribution in [0.3, 0.4) is 0 Å². The Kier molecular flexibility index (Phi) is 4.41. The van der Waals surface area contributed by atoms with Crippen LogP contribution in [-0.2, 0) is 6.54 Å². The summed E-state index contributed by atoms with van der Waals surface area (Å²) in [6.07, 6.45) is 0.731. The number of β-amino-alcohol motifs (C(OH)–C–C–N with tert-alkyl or cyclic N) is 1. The van der Waals surface area contributed by atoms with Crippen molar-refractivity contribution < 1.29 is 9.84 Å². The maximum Gasteiger partial charge on any atom is 0.122 e. The van der Waals surface area contributed by atoms with Crippen LogP contribution >= 0.6 is 0 Å². The molecule has 0 radical (unpaired) electrons. The van der Waals surface area contributed by atoms with Gasteiger partial charge in [0.2, 0.25) is 0 Å². The molecule has 5 heteroatoms. The third-order valence-electron chi connectivity index (χ3n) is 4.66. The zero-order chi connectivity index (χ0) is 16.4. The number of aryl methyl sites for hydroxylation is 3. The van der Waals surface area contributed by atoms with E-state index in [1.807, 2.05) is 45.0 Å². The smallest absolute Gasteiger partial charge is 0.122 e. The summed E-state index contributed by atoms with van der Waals surface area (Å²) in [7, 11) is 0. The second kappa shape index (κ2) is 6.34. The fourth-order valence-corrected chi connectivity index (χ4v) is 3.15. The van der Waals surface area contributed by atoms with E-state index in [9.17, 15) is 5.11 Å². The number of benzene rings is 1. The standard InChI is InChI=1S/C18H25N3O2/c1-13-6-4-5-7-17(13)23-12-18(22)8-9-21(11-18)10-16-14(2)19-20-15(16)3/h4-7,22H,8-12H2,1-3H3,(H,19,20)/t18-/m1/s1. The van der Waals surface area contributed by atoms with Crippen molar-refractivity contribution in [3.63, 3.8) is 0 Å². The predicted molar refractivity (Wildman–Crippen MR) is 89.6 cm³/mol. The maximum absolute atomic E-state index is 10.8. The number of nitrogens with one attached hydrogen (secondary N) is 1. The summed E-state index contributed by atoms with van der Waals surface area (Å²) >= 11 is 0. The number of para-hydroxylation sites is 1. The molecule has 0 spiro atoms. The summed E-state index contributed by atoms with van der Waals surface area (Å²) in [5.74, 6) is 0.848. The number of hydrogen-bond acceptors (Lipinski definition) is 4. The fraction of sp³-hybridized carbons (Fsp3) is 0.500. The van der Waals surface area contributed by atoms with Crippen molar-refractivity contribution in [3.05, 3.63) is 46.8 Å². The van der Waals surface area contributed by atoms with Gasteiger partial charge in [-0.25, -0.2) is 0 Å². The molecule has 1 aromatic heterocycles. The molecule has 1 aromatic carbocycles. The van der Waals surface area contributed by atoms with E-state index < -0.39 is 5.60 Å². The van der Waals surface area contributed by atoms with Crippen LogP contribution in [0.1, 0.15) is 28.9 Å². The highest BCUT2D eigenvalue weighted by Crippen LogP contribution is 2.26. The SMILES string of the molecule is Cc1ccccc1OC[C@@]1(O)CCN(Cc2c(C)n[nH]c2C)C1. The van der Waals surface area contributed by atoms with Crippen LogP contribution in [0, 0.1) is 20.8 Å². The Labute approximate surface area is 137 Å². The van der Waals surface area contributed by atoms with Gasteiger partial charge in [-0.1, -0.05) is 18.2 Å². The van der Waals surface area contributed by atoms with Crippen LogP contribution < -0.4 is 4.74 Å². The number of ether oxygens (including phenoxy) is 1. The average Bonchev–Trinajstić information content (AvgIpc) is 3.05. The third kappa shape index (κ3) is 3.57. The molecule has 0 amide bonds. The quantitative estimate of drug-likeness (QED) is 0.889. The van der Waals surface area contributed by atoms with Crippen molar-refractivity contribution in [2.24, 2.45) is 0 Å². The minimum atomic E-state index is -0.784. The summed E-state index contributed by atoms with van der Waals surface area (Å²) in [6.45, 7) is 8.73. The highest BCUT2D eigenvalue weighted by molar-refractivity contribution is 5.31. The number of hydrogen-bond donors (Lipinski definition) is 2. The molecular weight excluding hydrogens is 290 g/mol. The Hall–Kier alpha value is -1.85. The molecule has 124 valence electrons. The van der Waals surface area contributed by atoms with E-state index in [0.717, 1.165) is 42.2 Å². The van der Waals surface area contributed by atoms with Gasteiger partial charge in [0.1, 0.15) is 18.0 Å². The van der Waals surface area contributed by atoms with Crippen molar-refractivity contribution in [1.29, 1.82) is 0 Å². The van der Waals surface area contributed by atoms with Crippen molar-refractivity contribution >= 4 is 0 Å². The van der Waals surface area contributed by atoms with Crippen molar-refractivity contribution in [3.8, 4) is 5.75 Å². The van der Waals surface area contributed by atoms with Gasteiger partial charge in [0.25, 0.3) is 0 Å². The molecular formula is C18H25N3O2. The topological polar surface area (TPSA) is 61.4 Å². The molecule has 2 N–H and O–H groups in total. The lowest BCUT2D eigenvalue weighted by atomic mass is 10.1. The Morgan fingerprint density at radius 2 is 2.09 bits per heavy atom. The van der Waals surface area contributed by atoms with Crippen LogP contribution in [0.5, 0.6) is 5.75 Å². The molecule has 3 rings (SSSR count). The summed E-state index contributed by atoms with van der Waals surface area (Å²) in [6, 6.07) is 7.91. The Balaban J connectivity index is 1.59. The summed E-state index contributed by atoms with van der Waals surface area (Å²) in [5, 5.41) is 18.1. The zero-order valence-corrected chi connectivity index (χ0v) is 14.1. The van der Waals surface area contributed by atoms with Gasteiger partial charge >= 0.3 is 0 Å². The summed E-state index contributed by atoms with van der Waals surface area (Å²) < 4.78 is 5.86. The molecule has 1 fully saturated rings. The van der Waals surface area contributed by atoms with E-state index in [1.54, 1.807) is 0 Å². The summed E-state index contributed by atoms with van der Waals surface area (Å²) in [4.78, 5) is 2.27. The first kappa shape index (κ1) is 16.0. The van der Waals surface area contributed by atoms with Crippen LogP contribution in [-0.4, -0.2) is 45.5 Å². The maximum atomic E-state index is 10.8. The van der Waals surface area contributed by atoms with Crippen LogP contribution in [0.4, 0.5) is 0 Å². The fourth-order valence-electron chi connectivity index (χ4n) is 3.15. The van der Waals surface area contributed by atoms with Crippen molar-refractivity contribution in [2.75, 3.05) is 19.7 Å². The lowest BCUT2D eigenvalue weighted by Crippen LogP contribution is -2.39. The number of H-pyrrole nitrogens is 1. The normalized spacial score (nSPS) is 21.7. The molecule has 0 saturated carbocycles. The Bertz CT molecular complexity index is 663. The van der Waals surface area contributed by atoms with Gasteiger partial charge in [-0.05, 0) is 38.8 Å². The van der Waals surface area contributed by atoms with Crippen molar-refractivity contribution in [1.82, 2.24) is 15.1 Å². The monoisotopic (exact) mass is 315 g/mol. The van der Waals surface area contributed by atoms with Crippen LogP contribution in [0.25, 0.3) is 0 Å². The van der Waals surface area contributed by atoms with Crippen LogP contribution in [0.15, 0.2) is 24.3 Å². The molecule has 1 aliphatic rings. The molecule has 1 aliphatic heterocycles. The van der Waals surface area contributed by atoms with E-state index in [2.05, 4.69) is 15.1 Å². The number of nitrogens with zero attached hydrogens (tertiary/aromatic N) is 2. The molecule has 2 aromatic rings. The zero-order valence-electron chi connectivity index (χ0n) is 14.1. The third-order valence-corrected chi connectivity index (χ3v) is 4.66. The van der Waals surface area contributed by atoms with E-state index in [0.29, 0.717) is 13.2 Å². The van der Waals surface area contributed by atoms with E-state index in [4.69, 9.17) is 4.74 Å². The first-order chi connectivity index (χ1) is 11.0. The molecule has 1 saturated heterocycles. The lowest BCUT2D eigenvalue weighted by molar-refractivity contribution is 0.00317. The van der Waals surface area contributed by atoms with Gasteiger partial charge in [-0.2, -0.15) is 5.10 Å². The minimum absolute atomic E-state index is 0.331.